The number of carboxylic acid groups (broad SMARTS) is 1. The van der Waals surface area contributed by atoms with E-state index in [1.807, 2.05) is 6.08 Å². The van der Waals surface area contributed by atoms with Crippen molar-refractivity contribution in [3.8, 4) is 0 Å². The molecule has 2 aromatic carbocycles. The van der Waals surface area contributed by atoms with E-state index in [0.717, 1.165) is 17.3 Å². The van der Waals surface area contributed by atoms with Gasteiger partial charge in [-0.2, -0.15) is 0 Å². The zero-order chi connectivity index (χ0) is 19.6. The molecule has 3 rings (SSSR count). The Morgan fingerprint density at radius 2 is 1.78 bits per heavy atom. The van der Waals surface area contributed by atoms with Crippen molar-refractivity contribution < 1.29 is 23.1 Å². The molecule has 0 aromatic heterocycles. The first-order chi connectivity index (χ1) is 12.8. The normalized spacial score (nSPS) is 19.5. The molecule has 0 amide bonds. The number of allylic oxidation sites excluding steroid dienone is 1. The standard InChI is InChI=1S/C20H19F3N2O2/c21-16-9-18(23)17(22)8-15(16)14-6-1-11(7-19(14)24)10-25-13-4-2-12(3-5-13)20(26)27/h1-5,8-9,14,19,25H,6-7,10,24H2,(H,26,27)/t14-,19+/m0/s1. The summed E-state index contributed by atoms with van der Waals surface area (Å²) in [7, 11) is 0. The van der Waals surface area contributed by atoms with E-state index in [1.54, 1.807) is 12.1 Å². The lowest BCUT2D eigenvalue weighted by atomic mass is 9.80. The number of carbonyl (C=O) groups is 1. The molecular formula is C20H19F3N2O2. The number of anilines is 1. The summed E-state index contributed by atoms with van der Waals surface area (Å²) in [5.41, 5.74) is 8.24. The van der Waals surface area contributed by atoms with E-state index in [-0.39, 0.29) is 11.1 Å². The van der Waals surface area contributed by atoms with Crippen LogP contribution < -0.4 is 11.1 Å². The van der Waals surface area contributed by atoms with Crippen LogP contribution in [0, 0.1) is 17.5 Å². The summed E-state index contributed by atoms with van der Waals surface area (Å²) in [6.07, 6.45) is 2.84. The van der Waals surface area contributed by atoms with Gasteiger partial charge < -0.3 is 16.2 Å². The summed E-state index contributed by atoms with van der Waals surface area (Å²) >= 11 is 0. The SMILES string of the molecule is N[C@@H]1CC(CNc2ccc(C(=O)O)cc2)=CC[C@H]1c1cc(F)c(F)cc1F. The fourth-order valence-electron chi connectivity index (χ4n) is 3.27. The molecule has 142 valence electrons. The van der Waals surface area contributed by atoms with Gasteiger partial charge in [0, 0.05) is 30.3 Å². The first-order valence-corrected chi connectivity index (χ1v) is 8.50. The number of halogens is 3. The largest absolute Gasteiger partial charge is 0.478 e. The van der Waals surface area contributed by atoms with Crippen molar-refractivity contribution in [3.05, 3.63) is 76.6 Å². The highest BCUT2D eigenvalue weighted by atomic mass is 19.2. The first kappa shape index (κ1) is 19.0. The second kappa shape index (κ2) is 7.84. The second-order valence-corrected chi connectivity index (χ2v) is 6.60. The van der Waals surface area contributed by atoms with Gasteiger partial charge in [0.1, 0.15) is 5.82 Å². The molecule has 27 heavy (non-hydrogen) atoms. The summed E-state index contributed by atoms with van der Waals surface area (Å²) in [4.78, 5) is 10.9. The molecule has 0 bridgehead atoms. The molecule has 4 nitrogen and oxygen atoms in total. The van der Waals surface area contributed by atoms with Gasteiger partial charge in [-0.3, -0.25) is 0 Å². The van der Waals surface area contributed by atoms with E-state index >= 15 is 0 Å². The van der Waals surface area contributed by atoms with Crippen LogP contribution in [-0.2, 0) is 0 Å². The lowest BCUT2D eigenvalue weighted by Gasteiger charge is -2.29. The molecule has 0 spiro atoms. The monoisotopic (exact) mass is 376 g/mol. The van der Waals surface area contributed by atoms with Crippen LogP contribution in [0.1, 0.15) is 34.7 Å². The van der Waals surface area contributed by atoms with Gasteiger partial charge >= 0.3 is 5.97 Å². The third-order valence-electron chi connectivity index (χ3n) is 4.77. The van der Waals surface area contributed by atoms with Crippen molar-refractivity contribution in [1.29, 1.82) is 0 Å². The molecule has 7 heteroatoms. The Labute approximate surface area is 154 Å². The number of benzene rings is 2. The number of aromatic carboxylic acids is 1. The molecule has 0 radical (unpaired) electrons. The average Bonchev–Trinajstić information content (AvgIpc) is 2.64. The summed E-state index contributed by atoms with van der Waals surface area (Å²) in [5, 5.41) is 12.1. The number of carboxylic acids is 1. The molecule has 1 aliphatic rings. The zero-order valence-corrected chi connectivity index (χ0v) is 14.4. The Kier molecular flexibility index (Phi) is 5.51. The predicted molar refractivity (Wildman–Crippen MR) is 96.2 cm³/mol. The van der Waals surface area contributed by atoms with Gasteiger partial charge in [-0.1, -0.05) is 11.6 Å². The highest BCUT2D eigenvalue weighted by Crippen LogP contribution is 2.33. The quantitative estimate of drug-likeness (QED) is 0.544. The topological polar surface area (TPSA) is 75.3 Å². The minimum Gasteiger partial charge on any atom is -0.478 e. The molecule has 0 fully saturated rings. The molecule has 4 N–H and O–H groups in total. The maximum atomic E-state index is 14.0. The molecule has 2 aromatic rings. The van der Waals surface area contributed by atoms with Crippen molar-refractivity contribution in [2.45, 2.75) is 24.8 Å². The Morgan fingerprint density at radius 3 is 2.41 bits per heavy atom. The van der Waals surface area contributed by atoms with Crippen molar-refractivity contribution >= 4 is 11.7 Å². The fraction of sp³-hybridized carbons (Fsp3) is 0.250. The van der Waals surface area contributed by atoms with Crippen molar-refractivity contribution in [2.75, 3.05) is 11.9 Å². The van der Waals surface area contributed by atoms with Gasteiger partial charge in [-0.25, -0.2) is 18.0 Å². The van der Waals surface area contributed by atoms with Crippen LogP contribution in [-0.4, -0.2) is 23.7 Å². The molecular weight excluding hydrogens is 357 g/mol. The van der Waals surface area contributed by atoms with E-state index in [9.17, 15) is 18.0 Å². The number of hydrogen-bond donors (Lipinski definition) is 3. The van der Waals surface area contributed by atoms with Gasteiger partial charge in [0.25, 0.3) is 0 Å². The Bertz CT molecular complexity index is 882. The lowest BCUT2D eigenvalue weighted by molar-refractivity contribution is 0.0697. The molecule has 0 saturated heterocycles. The van der Waals surface area contributed by atoms with Crippen molar-refractivity contribution in [1.82, 2.24) is 0 Å². The predicted octanol–water partition coefficient (Wildman–Crippen LogP) is 4.05. The number of nitrogens with one attached hydrogen (secondary N) is 1. The van der Waals surface area contributed by atoms with Gasteiger partial charge in [-0.15, -0.1) is 0 Å². The molecule has 2 atom stereocenters. The van der Waals surface area contributed by atoms with E-state index < -0.39 is 35.4 Å². The Hall–Kier alpha value is -2.80. The third kappa shape index (κ3) is 4.31. The van der Waals surface area contributed by atoms with Crippen LogP contribution in [0.2, 0.25) is 0 Å². The van der Waals surface area contributed by atoms with E-state index in [4.69, 9.17) is 10.8 Å². The molecule has 0 saturated carbocycles. The highest BCUT2D eigenvalue weighted by Gasteiger charge is 2.27. The molecule has 1 aliphatic carbocycles. The smallest absolute Gasteiger partial charge is 0.335 e. The average molecular weight is 376 g/mol. The van der Waals surface area contributed by atoms with Crippen LogP contribution in [0.5, 0.6) is 0 Å². The van der Waals surface area contributed by atoms with Gasteiger partial charge in [0.05, 0.1) is 5.56 Å². The van der Waals surface area contributed by atoms with E-state index in [1.165, 1.54) is 12.1 Å². The number of rotatable bonds is 5. The van der Waals surface area contributed by atoms with Crippen molar-refractivity contribution in [3.63, 3.8) is 0 Å². The molecule has 0 unspecified atom stereocenters. The Balaban J connectivity index is 1.65. The van der Waals surface area contributed by atoms with Gasteiger partial charge in [-0.05, 0) is 48.7 Å². The number of hydrogen-bond acceptors (Lipinski definition) is 3. The summed E-state index contributed by atoms with van der Waals surface area (Å²) < 4.78 is 40.6. The van der Waals surface area contributed by atoms with Crippen molar-refractivity contribution in [2.24, 2.45) is 5.73 Å². The van der Waals surface area contributed by atoms with Crippen LogP contribution in [0.15, 0.2) is 48.0 Å². The summed E-state index contributed by atoms with van der Waals surface area (Å²) in [6.45, 7) is 0.507. The summed E-state index contributed by atoms with van der Waals surface area (Å²) in [6, 6.07) is 7.38. The fourth-order valence-corrected chi connectivity index (χ4v) is 3.27. The number of nitrogens with two attached hydrogens (primary N) is 1. The third-order valence-corrected chi connectivity index (χ3v) is 4.77. The van der Waals surface area contributed by atoms with Gasteiger partial charge in [0.15, 0.2) is 11.6 Å². The molecule has 0 heterocycles. The van der Waals surface area contributed by atoms with E-state index in [0.29, 0.717) is 25.5 Å². The minimum absolute atomic E-state index is 0.0916. The van der Waals surface area contributed by atoms with Crippen LogP contribution >= 0.6 is 0 Å². The van der Waals surface area contributed by atoms with Crippen LogP contribution in [0.3, 0.4) is 0 Å². The zero-order valence-electron chi connectivity index (χ0n) is 14.4. The van der Waals surface area contributed by atoms with Crippen LogP contribution in [0.4, 0.5) is 18.9 Å². The van der Waals surface area contributed by atoms with Gasteiger partial charge in [0.2, 0.25) is 0 Å². The second-order valence-electron chi connectivity index (χ2n) is 6.60. The minimum atomic E-state index is -1.21. The van der Waals surface area contributed by atoms with E-state index in [2.05, 4.69) is 5.32 Å². The first-order valence-electron chi connectivity index (χ1n) is 8.50. The lowest BCUT2D eigenvalue weighted by Crippen LogP contribution is -2.33. The highest BCUT2D eigenvalue weighted by molar-refractivity contribution is 5.88. The maximum absolute atomic E-state index is 14.0. The molecule has 0 aliphatic heterocycles. The Morgan fingerprint density at radius 1 is 1.11 bits per heavy atom. The maximum Gasteiger partial charge on any atom is 0.335 e. The summed E-state index contributed by atoms with van der Waals surface area (Å²) in [5.74, 6) is -4.49. The van der Waals surface area contributed by atoms with Crippen LogP contribution in [0.25, 0.3) is 0 Å².